The molecule has 0 atom stereocenters. The van der Waals surface area contributed by atoms with Crippen LogP contribution in [0.15, 0.2) is 30.5 Å². The molecule has 0 unspecified atom stereocenters. The quantitative estimate of drug-likeness (QED) is 0.499. The number of aromatic nitrogens is 1. The number of ether oxygens (including phenoxy) is 1. The van der Waals surface area contributed by atoms with Crippen LogP contribution >= 0.6 is 0 Å². The number of hydrogen-bond acceptors (Lipinski definition) is 5. The number of rotatable bonds is 5. The minimum atomic E-state index is -0.545. The summed E-state index contributed by atoms with van der Waals surface area (Å²) in [4.78, 5) is 32.9. The summed E-state index contributed by atoms with van der Waals surface area (Å²) in [6, 6.07) is 6.19. The molecular formula is C13H13N3O5. The summed E-state index contributed by atoms with van der Waals surface area (Å²) < 4.78 is 5.99. The summed E-state index contributed by atoms with van der Waals surface area (Å²) in [6.07, 6.45) is 1.66. The van der Waals surface area contributed by atoms with Gasteiger partial charge < -0.3 is 14.6 Å². The van der Waals surface area contributed by atoms with E-state index in [1.165, 1.54) is 19.2 Å². The molecule has 0 spiro atoms. The first kappa shape index (κ1) is 14.5. The van der Waals surface area contributed by atoms with Crippen LogP contribution in [0, 0.1) is 10.1 Å². The SMILES string of the molecule is COC(=O)CNC(=O)Cn1ccc2ccc([N+](=O)[O-])cc21. The molecule has 2 aromatic rings. The Hall–Kier alpha value is -2.90. The molecule has 0 fully saturated rings. The Morgan fingerprint density at radius 2 is 2.14 bits per heavy atom. The number of methoxy groups -OCH3 is 1. The van der Waals surface area contributed by atoms with Crippen molar-refractivity contribution in [3.05, 3.63) is 40.6 Å². The Morgan fingerprint density at radius 3 is 2.81 bits per heavy atom. The summed E-state index contributed by atoms with van der Waals surface area (Å²) in [5.74, 6) is -0.930. The molecule has 0 aliphatic rings. The lowest BCUT2D eigenvalue weighted by molar-refractivity contribution is -0.384. The van der Waals surface area contributed by atoms with Crippen molar-refractivity contribution in [2.24, 2.45) is 0 Å². The number of fused-ring (bicyclic) bond motifs is 1. The van der Waals surface area contributed by atoms with E-state index in [9.17, 15) is 19.7 Å². The summed E-state index contributed by atoms with van der Waals surface area (Å²) in [5, 5.41) is 14.0. The predicted octanol–water partition coefficient (Wildman–Crippen LogP) is 0.839. The fourth-order valence-electron chi connectivity index (χ4n) is 1.88. The Kier molecular flexibility index (Phi) is 4.17. The van der Waals surface area contributed by atoms with E-state index in [-0.39, 0.29) is 24.7 Å². The molecule has 8 nitrogen and oxygen atoms in total. The maximum absolute atomic E-state index is 11.7. The molecule has 110 valence electrons. The van der Waals surface area contributed by atoms with Gasteiger partial charge in [0, 0.05) is 23.7 Å². The highest BCUT2D eigenvalue weighted by Gasteiger charge is 2.11. The molecule has 0 saturated carbocycles. The number of nitro benzene ring substituents is 1. The van der Waals surface area contributed by atoms with Gasteiger partial charge in [0.1, 0.15) is 13.1 Å². The molecule has 1 N–H and O–H groups in total. The third-order valence-electron chi connectivity index (χ3n) is 2.94. The van der Waals surface area contributed by atoms with E-state index in [2.05, 4.69) is 10.1 Å². The first-order chi connectivity index (χ1) is 10.0. The van der Waals surface area contributed by atoms with Crippen molar-refractivity contribution in [3.8, 4) is 0 Å². The topological polar surface area (TPSA) is 103 Å². The minimum Gasteiger partial charge on any atom is -0.468 e. The first-order valence-corrected chi connectivity index (χ1v) is 6.08. The van der Waals surface area contributed by atoms with E-state index in [0.717, 1.165) is 5.39 Å². The van der Waals surface area contributed by atoms with Gasteiger partial charge in [-0.2, -0.15) is 0 Å². The van der Waals surface area contributed by atoms with Gasteiger partial charge in [-0.3, -0.25) is 19.7 Å². The lowest BCUT2D eigenvalue weighted by Crippen LogP contribution is -2.32. The summed E-state index contributed by atoms with van der Waals surface area (Å²) in [6.45, 7) is -0.254. The van der Waals surface area contributed by atoms with E-state index < -0.39 is 10.9 Å². The molecule has 1 amide bonds. The number of nitro groups is 1. The van der Waals surface area contributed by atoms with Crippen LogP contribution in [0.3, 0.4) is 0 Å². The minimum absolute atomic E-state index is 0.0400. The normalized spacial score (nSPS) is 10.3. The molecule has 0 aliphatic heterocycles. The van der Waals surface area contributed by atoms with Crippen LogP contribution in [-0.4, -0.2) is 35.0 Å². The van der Waals surface area contributed by atoms with Crippen LogP contribution in [0.5, 0.6) is 0 Å². The van der Waals surface area contributed by atoms with E-state index >= 15 is 0 Å². The Balaban J connectivity index is 2.14. The molecule has 8 heteroatoms. The fraction of sp³-hybridized carbons (Fsp3) is 0.231. The molecule has 1 heterocycles. The maximum atomic E-state index is 11.7. The first-order valence-electron chi connectivity index (χ1n) is 6.08. The van der Waals surface area contributed by atoms with Crippen LogP contribution in [0.2, 0.25) is 0 Å². The lowest BCUT2D eigenvalue weighted by Gasteiger charge is -2.06. The Morgan fingerprint density at radius 1 is 1.38 bits per heavy atom. The number of esters is 1. The zero-order chi connectivity index (χ0) is 15.4. The van der Waals surface area contributed by atoms with Gasteiger partial charge in [0.25, 0.3) is 5.69 Å². The van der Waals surface area contributed by atoms with Crippen molar-refractivity contribution in [3.63, 3.8) is 0 Å². The molecule has 1 aromatic carbocycles. The second-order valence-corrected chi connectivity index (χ2v) is 4.30. The number of carbonyl (C=O) groups is 2. The number of hydrogen-bond donors (Lipinski definition) is 1. The van der Waals surface area contributed by atoms with E-state index in [1.54, 1.807) is 22.9 Å². The number of amides is 1. The standard InChI is InChI=1S/C13H13N3O5/c1-21-13(18)7-14-12(17)8-15-5-4-9-2-3-10(16(19)20)6-11(9)15/h2-6H,7-8H2,1H3,(H,14,17). The van der Waals surface area contributed by atoms with Gasteiger partial charge in [0.05, 0.1) is 17.5 Å². The molecule has 0 bridgehead atoms. The molecule has 21 heavy (non-hydrogen) atoms. The second-order valence-electron chi connectivity index (χ2n) is 4.30. The van der Waals surface area contributed by atoms with Crippen molar-refractivity contribution in [1.82, 2.24) is 9.88 Å². The zero-order valence-corrected chi connectivity index (χ0v) is 11.2. The summed E-state index contributed by atoms with van der Waals surface area (Å²) >= 11 is 0. The highest BCUT2D eigenvalue weighted by Crippen LogP contribution is 2.21. The van der Waals surface area contributed by atoms with Crippen LogP contribution in [-0.2, 0) is 20.9 Å². The van der Waals surface area contributed by atoms with Crippen LogP contribution in [0.4, 0.5) is 5.69 Å². The highest BCUT2D eigenvalue weighted by atomic mass is 16.6. The van der Waals surface area contributed by atoms with E-state index in [4.69, 9.17) is 0 Å². The van der Waals surface area contributed by atoms with Gasteiger partial charge in [-0.25, -0.2) is 0 Å². The zero-order valence-electron chi connectivity index (χ0n) is 11.2. The fourth-order valence-corrected chi connectivity index (χ4v) is 1.88. The van der Waals surface area contributed by atoms with Crippen LogP contribution < -0.4 is 5.32 Å². The van der Waals surface area contributed by atoms with Gasteiger partial charge in [-0.1, -0.05) is 0 Å². The molecule has 2 rings (SSSR count). The van der Waals surface area contributed by atoms with Gasteiger partial charge in [0.15, 0.2) is 0 Å². The van der Waals surface area contributed by atoms with Crippen molar-refractivity contribution in [2.75, 3.05) is 13.7 Å². The van der Waals surface area contributed by atoms with Crippen molar-refractivity contribution in [2.45, 2.75) is 6.54 Å². The van der Waals surface area contributed by atoms with Crippen molar-refractivity contribution >= 4 is 28.5 Å². The number of non-ortho nitro benzene ring substituents is 1. The highest BCUT2D eigenvalue weighted by molar-refractivity contribution is 5.86. The van der Waals surface area contributed by atoms with Gasteiger partial charge in [-0.15, -0.1) is 0 Å². The monoisotopic (exact) mass is 291 g/mol. The van der Waals surface area contributed by atoms with Crippen molar-refractivity contribution < 1.29 is 19.2 Å². The largest absolute Gasteiger partial charge is 0.468 e. The number of nitrogens with one attached hydrogen (secondary N) is 1. The number of benzene rings is 1. The van der Waals surface area contributed by atoms with E-state index in [1.807, 2.05) is 0 Å². The van der Waals surface area contributed by atoms with Gasteiger partial charge in [0.2, 0.25) is 5.91 Å². The predicted molar refractivity (Wildman–Crippen MR) is 73.6 cm³/mol. The average molecular weight is 291 g/mol. The lowest BCUT2D eigenvalue weighted by atomic mass is 10.2. The smallest absolute Gasteiger partial charge is 0.325 e. The Labute approximate surface area is 119 Å². The summed E-state index contributed by atoms with van der Waals surface area (Å²) in [5.41, 5.74) is 0.537. The van der Waals surface area contributed by atoms with E-state index in [0.29, 0.717) is 5.52 Å². The molecular weight excluding hydrogens is 278 g/mol. The molecule has 0 radical (unpaired) electrons. The third kappa shape index (κ3) is 3.35. The molecule has 1 aromatic heterocycles. The molecule has 0 saturated heterocycles. The third-order valence-corrected chi connectivity index (χ3v) is 2.94. The Bertz CT molecular complexity index is 707. The van der Waals surface area contributed by atoms with Crippen molar-refractivity contribution in [1.29, 1.82) is 0 Å². The van der Waals surface area contributed by atoms with Crippen LogP contribution in [0.1, 0.15) is 0 Å². The second kappa shape index (κ2) is 6.04. The van der Waals surface area contributed by atoms with Gasteiger partial charge >= 0.3 is 5.97 Å². The summed E-state index contributed by atoms with van der Waals surface area (Å²) in [7, 11) is 1.23. The number of carbonyl (C=O) groups excluding carboxylic acids is 2. The van der Waals surface area contributed by atoms with Crippen LogP contribution in [0.25, 0.3) is 10.9 Å². The van der Waals surface area contributed by atoms with Gasteiger partial charge in [-0.05, 0) is 12.1 Å². The maximum Gasteiger partial charge on any atom is 0.325 e. The molecule has 0 aliphatic carbocycles. The number of nitrogens with zero attached hydrogens (tertiary/aromatic N) is 2. The average Bonchev–Trinajstić information content (AvgIpc) is 2.87.